The fourth-order valence-corrected chi connectivity index (χ4v) is 3.02. The van der Waals surface area contributed by atoms with Crippen LogP contribution in [0.1, 0.15) is 62.0 Å². The molecular formula is C17H27N. The van der Waals surface area contributed by atoms with Gasteiger partial charge in [-0.2, -0.15) is 0 Å². The van der Waals surface area contributed by atoms with Crippen LogP contribution in [0.4, 0.5) is 0 Å². The summed E-state index contributed by atoms with van der Waals surface area (Å²) in [4.78, 5) is 0. The molecule has 1 heteroatoms. The second kappa shape index (κ2) is 7.58. The highest BCUT2D eigenvalue weighted by Gasteiger charge is 2.14. The van der Waals surface area contributed by atoms with Gasteiger partial charge in [0.2, 0.25) is 0 Å². The third kappa shape index (κ3) is 4.13. The van der Waals surface area contributed by atoms with Crippen molar-refractivity contribution in [3.05, 3.63) is 35.4 Å². The largest absolute Gasteiger partial charge is 0.320 e. The van der Waals surface area contributed by atoms with E-state index in [0.717, 1.165) is 12.5 Å². The Balaban J connectivity index is 1.81. The SMILES string of the molecule is CNCCCCc1ccc(C2CCCCC2)cc1. The first-order valence-corrected chi connectivity index (χ1v) is 7.63. The molecule has 0 saturated heterocycles. The van der Waals surface area contributed by atoms with Crippen LogP contribution in [0.3, 0.4) is 0 Å². The van der Waals surface area contributed by atoms with Gasteiger partial charge in [-0.3, -0.25) is 0 Å². The lowest BCUT2D eigenvalue weighted by molar-refractivity contribution is 0.443. The van der Waals surface area contributed by atoms with Gasteiger partial charge in [0.15, 0.2) is 0 Å². The molecule has 1 aromatic carbocycles. The van der Waals surface area contributed by atoms with Crippen molar-refractivity contribution in [2.75, 3.05) is 13.6 Å². The molecule has 1 aromatic rings. The molecule has 1 nitrogen and oxygen atoms in total. The van der Waals surface area contributed by atoms with Crippen molar-refractivity contribution in [2.24, 2.45) is 0 Å². The summed E-state index contributed by atoms with van der Waals surface area (Å²) in [5.41, 5.74) is 3.08. The van der Waals surface area contributed by atoms with Gasteiger partial charge in [-0.25, -0.2) is 0 Å². The van der Waals surface area contributed by atoms with Crippen LogP contribution in [-0.2, 0) is 6.42 Å². The Hall–Kier alpha value is -0.820. The zero-order valence-electron chi connectivity index (χ0n) is 11.8. The van der Waals surface area contributed by atoms with E-state index in [0.29, 0.717) is 0 Å². The number of unbranched alkanes of at least 4 members (excludes halogenated alkanes) is 1. The van der Waals surface area contributed by atoms with Crippen LogP contribution in [-0.4, -0.2) is 13.6 Å². The molecule has 0 amide bonds. The van der Waals surface area contributed by atoms with E-state index in [1.807, 2.05) is 7.05 Å². The molecule has 0 unspecified atom stereocenters. The zero-order valence-corrected chi connectivity index (χ0v) is 11.8. The molecule has 1 aliphatic carbocycles. The van der Waals surface area contributed by atoms with Gasteiger partial charge in [0.25, 0.3) is 0 Å². The Kier molecular flexibility index (Phi) is 5.73. The summed E-state index contributed by atoms with van der Waals surface area (Å²) in [6, 6.07) is 9.46. The maximum absolute atomic E-state index is 3.21. The molecule has 2 rings (SSSR count). The number of aryl methyl sites for hydroxylation is 1. The van der Waals surface area contributed by atoms with Crippen LogP contribution >= 0.6 is 0 Å². The summed E-state index contributed by atoms with van der Waals surface area (Å²) in [6.45, 7) is 1.14. The van der Waals surface area contributed by atoms with Gasteiger partial charge in [-0.15, -0.1) is 0 Å². The van der Waals surface area contributed by atoms with E-state index in [-0.39, 0.29) is 0 Å². The van der Waals surface area contributed by atoms with Crippen LogP contribution in [0, 0.1) is 0 Å². The molecule has 0 radical (unpaired) electrons. The molecule has 18 heavy (non-hydrogen) atoms. The van der Waals surface area contributed by atoms with Crippen molar-refractivity contribution in [2.45, 2.75) is 57.3 Å². The Labute approximate surface area is 112 Å². The number of hydrogen-bond acceptors (Lipinski definition) is 1. The molecule has 100 valence electrons. The Morgan fingerprint density at radius 1 is 1.00 bits per heavy atom. The molecule has 0 aliphatic heterocycles. The minimum Gasteiger partial charge on any atom is -0.320 e. The summed E-state index contributed by atoms with van der Waals surface area (Å²) in [5.74, 6) is 0.845. The van der Waals surface area contributed by atoms with Gasteiger partial charge < -0.3 is 5.32 Å². The lowest BCUT2D eigenvalue weighted by Gasteiger charge is -2.22. The lowest BCUT2D eigenvalue weighted by Crippen LogP contribution is -2.07. The van der Waals surface area contributed by atoms with E-state index < -0.39 is 0 Å². The van der Waals surface area contributed by atoms with Gasteiger partial charge in [-0.1, -0.05) is 43.5 Å². The first-order valence-electron chi connectivity index (χ1n) is 7.63. The van der Waals surface area contributed by atoms with E-state index in [4.69, 9.17) is 0 Å². The van der Waals surface area contributed by atoms with Gasteiger partial charge >= 0.3 is 0 Å². The normalized spacial score (nSPS) is 16.9. The highest BCUT2D eigenvalue weighted by atomic mass is 14.8. The lowest BCUT2D eigenvalue weighted by atomic mass is 9.84. The monoisotopic (exact) mass is 245 g/mol. The van der Waals surface area contributed by atoms with E-state index >= 15 is 0 Å². The topological polar surface area (TPSA) is 12.0 Å². The van der Waals surface area contributed by atoms with E-state index in [1.165, 1.54) is 56.9 Å². The standard InChI is InChI=1S/C17H27N/c1-18-14-6-5-7-15-10-12-17(13-11-15)16-8-3-2-4-9-16/h10-13,16,18H,2-9,14H2,1H3. The predicted molar refractivity (Wildman–Crippen MR) is 79.1 cm³/mol. The first-order chi connectivity index (χ1) is 8.90. The Bertz CT molecular complexity index is 322. The molecule has 0 aromatic heterocycles. The Morgan fingerprint density at radius 3 is 2.39 bits per heavy atom. The highest BCUT2D eigenvalue weighted by molar-refractivity contribution is 5.25. The average molecular weight is 245 g/mol. The van der Waals surface area contributed by atoms with E-state index in [9.17, 15) is 0 Å². The second-order valence-electron chi connectivity index (χ2n) is 5.64. The third-order valence-corrected chi connectivity index (χ3v) is 4.20. The van der Waals surface area contributed by atoms with Crippen LogP contribution in [0.5, 0.6) is 0 Å². The second-order valence-corrected chi connectivity index (χ2v) is 5.64. The first kappa shape index (κ1) is 13.6. The minimum absolute atomic E-state index is 0.845. The van der Waals surface area contributed by atoms with Crippen molar-refractivity contribution in [3.8, 4) is 0 Å². The molecule has 0 spiro atoms. The summed E-state index contributed by atoms with van der Waals surface area (Å²) in [7, 11) is 2.03. The fraction of sp³-hybridized carbons (Fsp3) is 0.647. The van der Waals surface area contributed by atoms with Crippen LogP contribution in [0.15, 0.2) is 24.3 Å². The highest BCUT2D eigenvalue weighted by Crippen LogP contribution is 2.32. The van der Waals surface area contributed by atoms with Gasteiger partial charge in [0.1, 0.15) is 0 Å². The number of benzene rings is 1. The molecule has 1 fully saturated rings. The zero-order chi connectivity index (χ0) is 12.6. The van der Waals surface area contributed by atoms with Crippen molar-refractivity contribution in [1.82, 2.24) is 5.32 Å². The minimum atomic E-state index is 0.845. The van der Waals surface area contributed by atoms with Crippen molar-refractivity contribution < 1.29 is 0 Å². The molecule has 1 aliphatic rings. The van der Waals surface area contributed by atoms with Crippen molar-refractivity contribution >= 4 is 0 Å². The van der Waals surface area contributed by atoms with E-state index in [1.54, 1.807) is 5.56 Å². The summed E-state index contributed by atoms with van der Waals surface area (Å²) < 4.78 is 0. The van der Waals surface area contributed by atoms with Crippen LogP contribution < -0.4 is 5.32 Å². The van der Waals surface area contributed by atoms with E-state index in [2.05, 4.69) is 29.6 Å². The smallest absolute Gasteiger partial charge is 0.00518 e. The summed E-state index contributed by atoms with van der Waals surface area (Å²) in [6.07, 6.45) is 10.9. The van der Waals surface area contributed by atoms with Crippen molar-refractivity contribution in [1.29, 1.82) is 0 Å². The predicted octanol–water partition coefficient (Wildman–Crippen LogP) is 4.28. The van der Waals surface area contributed by atoms with Gasteiger partial charge in [0.05, 0.1) is 0 Å². The number of rotatable bonds is 6. The van der Waals surface area contributed by atoms with Gasteiger partial charge in [-0.05, 0) is 62.7 Å². The molecular weight excluding hydrogens is 218 g/mol. The molecule has 1 saturated carbocycles. The van der Waals surface area contributed by atoms with Crippen molar-refractivity contribution in [3.63, 3.8) is 0 Å². The molecule has 1 N–H and O–H groups in total. The molecule has 0 heterocycles. The van der Waals surface area contributed by atoms with Crippen LogP contribution in [0.25, 0.3) is 0 Å². The summed E-state index contributed by atoms with van der Waals surface area (Å²) >= 11 is 0. The van der Waals surface area contributed by atoms with Crippen LogP contribution in [0.2, 0.25) is 0 Å². The number of nitrogens with one attached hydrogen (secondary N) is 1. The maximum atomic E-state index is 3.21. The third-order valence-electron chi connectivity index (χ3n) is 4.20. The fourth-order valence-electron chi connectivity index (χ4n) is 3.02. The van der Waals surface area contributed by atoms with Gasteiger partial charge in [0, 0.05) is 0 Å². The molecule has 0 bridgehead atoms. The quantitative estimate of drug-likeness (QED) is 0.738. The maximum Gasteiger partial charge on any atom is -0.00518 e. The Morgan fingerprint density at radius 2 is 1.72 bits per heavy atom. The molecule has 0 atom stereocenters. The average Bonchev–Trinajstić information content (AvgIpc) is 2.45. The number of hydrogen-bond donors (Lipinski definition) is 1. The summed E-state index contributed by atoms with van der Waals surface area (Å²) in [5, 5.41) is 3.21.